The number of allylic oxidation sites excluding steroid dienone is 2. The highest BCUT2D eigenvalue weighted by atomic mass is 32.2. The maximum absolute atomic E-state index is 11.9. The third-order valence-corrected chi connectivity index (χ3v) is 4.86. The monoisotopic (exact) mass is 334 g/mol. The molecule has 3 heteroatoms. The van der Waals surface area contributed by atoms with Gasteiger partial charge in [-0.2, -0.15) is 0 Å². The van der Waals surface area contributed by atoms with Crippen LogP contribution in [-0.2, 0) is 9.53 Å². The maximum Gasteiger partial charge on any atom is 0.306 e. The van der Waals surface area contributed by atoms with Crippen molar-refractivity contribution in [2.75, 3.05) is 6.61 Å². The molecule has 0 saturated carbocycles. The number of carbonyl (C=O) groups excluding carboxylic acids is 1. The van der Waals surface area contributed by atoms with Gasteiger partial charge < -0.3 is 4.74 Å². The van der Waals surface area contributed by atoms with E-state index >= 15 is 0 Å². The van der Waals surface area contributed by atoms with Gasteiger partial charge in [-0.3, -0.25) is 4.79 Å². The molecule has 0 aliphatic heterocycles. The van der Waals surface area contributed by atoms with E-state index in [2.05, 4.69) is 39.0 Å². The minimum Gasteiger partial charge on any atom is -0.466 e. The summed E-state index contributed by atoms with van der Waals surface area (Å²) < 4.78 is 5.14. The first-order chi connectivity index (χ1) is 11.0. The fourth-order valence-corrected chi connectivity index (χ4v) is 3.84. The predicted molar refractivity (Wildman–Crippen MR) is 99.8 cm³/mol. The molecule has 1 aromatic carbocycles. The Morgan fingerprint density at radius 2 is 1.96 bits per heavy atom. The molecule has 128 valence electrons. The Bertz CT molecular complexity index is 478. The normalized spacial score (nSPS) is 13.2. The summed E-state index contributed by atoms with van der Waals surface area (Å²) in [7, 11) is 0. The van der Waals surface area contributed by atoms with E-state index in [1.54, 1.807) is 11.8 Å². The van der Waals surface area contributed by atoms with E-state index in [9.17, 15) is 4.79 Å². The lowest BCUT2D eigenvalue weighted by molar-refractivity contribution is -0.143. The first kappa shape index (κ1) is 19.8. The minimum atomic E-state index is -0.0857. The van der Waals surface area contributed by atoms with Gasteiger partial charge in [0.1, 0.15) is 0 Å². The van der Waals surface area contributed by atoms with Crippen molar-refractivity contribution in [1.29, 1.82) is 0 Å². The molecule has 0 aromatic heterocycles. The van der Waals surface area contributed by atoms with Gasteiger partial charge >= 0.3 is 5.97 Å². The molecule has 1 unspecified atom stereocenters. The highest BCUT2D eigenvalue weighted by Gasteiger charge is 2.19. The molecule has 0 bridgehead atoms. The second-order valence-electron chi connectivity index (χ2n) is 6.26. The Kier molecular flexibility index (Phi) is 9.77. The van der Waals surface area contributed by atoms with Crippen LogP contribution >= 0.6 is 11.8 Å². The van der Waals surface area contributed by atoms with Gasteiger partial charge in [0.2, 0.25) is 0 Å². The number of thioether (sulfide) groups is 1. The van der Waals surface area contributed by atoms with Gasteiger partial charge in [-0.1, -0.05) is 36.8 Å². The SMILES string of the molecule is CCOC(=O)CC(C[C@@H](C)CCC=C(C)C)Sc1ccccc1. The second kappa shape index (κ2) is 11.3. The standard InChI is InChI=1S/C20H30O2S/c1-5-22-20(21)15-19(23-18-12-7-6-8-13-18)14-17(4)11-9-10-16(2)3/h6-8,10,12-13,17,19H,5,9,11,14-15H2,1-4H3/t17-,19?/m0/s1. The molecule has 0 fully saturated rings. The van der Waals surface area contributed by atoms with Gasteiger partial charge in [-0.05, 0) is 58.1 Å². The van der Waals surface area contributed by atoms with Crippen LogP contribution in [0.25, 0.3) is 0 Å². The van der Waals surface area contributed by atoms with Gasteiger partial charge in [0.15, 0.2) is 0 Å². The zero-order chi connectivity index (χ0) is 17.1. The maximum atomic E-state index is 11.9. The summed E-state index contributed by atoms with van der Waals surface area (Å²) in [5.41, 5.74) is 1.37. The summed E-state index contributed by atoms with van der Waals surface area (Å²) in [5, 5.41) is 0.276. The van der Waals surface area contributed by atoms with Crippen LogP contribution in [0.5, 0.6) is 0 Å². The number of rotatable bonds is 10. The molecule has 0 radical (unpaired) electrons. The van der Waals surface area contributed by atoms with Crippen molar-refractivity contribution >= 4 is 17.7 Å². The van der Waals surface area contributed by atoms with Gasteiger partial charge in [0, 0.05) is 10.1 Å². The van der Waals surface area contributed by atoms with E-state index < -0.39 is 0 Å². The summed E-state index contributed by atoms with van der Waals surface area (Å²) >= 11 is 1.79. The molecule has 23 heavy (non-hydrogen) atoms. The molecule has 0 aliphatic carbocycles. The first-order valence-corrected chi connectivity index (χ1v) is 9.40. The van der Waals surface area contributed by atoms with Gasteiger partial charge in [-0.15, -0.1) is 11.8 Å². The van der Waals surface area contributed by atoms with Crippen LogP contribution in [0.1, 0.15) is 53.4 Å². The molecule has 2 nitrogen and oxygen atoms in total. The second-order valence-corrected chi connectivity index (χ2v) is 7.64. The van der Waals surface area contributed by atoms with Crippen molar-refractivity contribution in [3.05, 3.63) is 42.0 Å². The lowest BCUT2D eigenvalue weighted by Gasteiger charge is -2.20. The first-order valence-electron chi connectivity index (χ1n) is 8.52. The van der Waals surface area contributed by atoms with E-state index in [-0.39, 0.29) is 11.2 Å². The van der Waals surface area contributed by atoms with Crippen LogP contribution in [0.4, 0.5) is 0 Å². The summed E-state index contributed by atoms with van der Waals surface area (Å²) in [6.07, 6.45) is 6.10. The summed E-state index contributed by atoms with van der Waals surface area (Å²) in [6, 6.07) is 10.3. The van der Waals surface area contributed by atoms with E-state index in [0.29, 0.717) is 18.9 Å². The van der Waals surface area contributed by atoms with Gasteiger partial charge in [0.05, 0.1) is 13.0 Å². The van der Waals surface area contributed by atoms with Gasteiger partial charge in [-0.25, -0.2) is 0 Å². The van der Waals surface area contributed by atoms with Crippen LogP contribution in [0.15, 0.2) is 46.9 Å². The van der Waals surface area contributed by atoms with Crippen molar-refractivity contribution in [2.24, 2.45) is 5.92 Å². The molecule has 0 spiro atoms. The van der Waals surface area contributed by atoms with Crippen LogP contribution in [0.2, 0.25) is 0 Å². The number of carbonyl (C=O) groups is 1. The number of esters is 1. The third kappa shape index (κ3) is 9.50. The molecule has 0 saturated heterocycles. The van der Waals surface area contributed by atoms with E-state index in [0.717, 1.165) is 12.8 Å². The third-order valence-electron chi connectivity index (χ3n) is 3.62. The Balaban J connectivity index is 2.59. The van der Waals surface area contributed by atoms with E-state index in [1.165, 1.54) is 16.9 Å². The Labute approximate surface area is 145 Å². The fraction of sp³-hybridized carbons (Fsp3) is 0.550. The smallest absolute Gasteiger partial charge is 0.306 e. The van der Waals surface area contributed by atoms with Crippen LogP contribution in [0.3, 0.4) is 0 Å². The quantitative estimate of drug-likeness (QED) is 0.304. The lowest BCUT2D eigenvalue weighted by atomic mass is 9.98. The molecular weight excluding hydrogens is 304 g/mol. The molecule has 0 aliphatic rings. The molecule has 0 heterocycles. The average molecular weight is 335 g/mol. The van der Waals surface area contributed by atoms with E-state index in [4.69, 9.17) is 4.74 Å². The summed E-state index contributed by atoms with van der Waals surface area (Å²) in [4.78, 5) is 13.1. The lowest BCUT2D eigenvalue weighted by Crippen LogP contribution is -2.16. The number of benzene rings is 1. The molecule has 1 aromatic rings. The Morgan fingerprint density at radius 3 is 2.57 bits per heavy atom. The van der Waals surface area contributed by atoms with Crippen molar-refractivity contribution < 1.29 is 9.53 Å². The van der Waals surface area contributed by atoms with Crippen LogP contribution in [0, 0.1) is 5.92 Å². The van der Waals surface area contributed by atoms with Crippen LogP contribution in [-0.4, -0.2) is 17.8 Å². The van der Waals surface area contributed by atoms with Crippen molar-refractivity contribution in [1.82, 2.24) is 0 Å². The van der Waals surface area contributed by atoms with Crippen LogP contribution < -0.4 is 0 Å². The fourth-order valence-electron chi connectivity index (χ4n) is 2.49. The van der Waals surface area contributed by atoms with Crippen molar-refractivity contribution in [2.45, 2.75) is 63.5 Å². The van der Waals surface area contributed by atoms with Crippen molar-refractivity contribution in [3.8, 4) is 0 Å². The highest BCUT2D eigenvalue weighted by molar-refractivity contribution is 8.00. The number of hydrogen-bond acceptors (Lipinski definition) is 3. The predicted octanol–water partition coefficient (Wildman–Crippen LogP) is 5.87. The Morgan fingerprint density at radius 1 is 1.26 bits per heavy atom. The molecular formula is C20H30O2S. The Hall–Kier alpha value is -1.22. The molecule has 0 amide bonds. The minimum absolute atomic E-state index is 0.0857. The molecule has 1 rings (SSSR count). The zero-order valence-electron chi connectivity index (χ0n) is 14.9. The molecule has 2 atom stereocenters. The summed E-state index contributed by atoms with van der Waals surface area (Å²) in [6.45, 7) is 8.87. The number of hydrogen-bond donors (Lipinski definition) is 0. The summed E-state index contributed by atoms with van der Waals surface area (Å²) in [5.74, 6) is 0.513. The van der Waals surface area contributed by atoms with Gasteiger partial charge in [0.25, 0.3) is 0 Å². The highest BCUT2D eigenvalue weighted by Crippen LogP contribution is 2.31. The average Bonchev–Trinajstić information content (AvgIpc) is 2.47. The largest absolute Gasteiger partial charge is 0.466 e. The number of ether oxygens (including phenoxy) is 1. The zero-order valence-corrected chi connectivity index (χ0v) is 15.7. The van der Waals surface area contributed by atoms with E-state index in [1.807, 2.05) is 25.1 Å². The topological polar surface area (TPSA) is 26.3 Å². The molecule has 0 N–H and O–H groups in total. The van der Waals surface area contributed by atoms with Crippen molar-refractivity contribution in [3.63, 3.8) is 0 Å².